The molecule has 1 N–H and O–H groups in total. The summed E-state index contributed by atoms with van der Waals surface area (Å²) in [6.07, 6.45) is 0.826. The summed E-state index contributed by atoms with van der Waals surface area (Å²) < 4.78 is 7.27. The van der Waals surface area contributed by atoms with Gasteiger partial charge < -0.3 is 15.0 Å². The van der Waals surface area contributed by atoms with Crippen LogP contribution in [0.15, 0.2) is 51.4 Å². The molecule has 0 saturated carbocycles. The normalized spacial score (nSPS) is 11.6. The number of nitrogens with one attached hydrogen (secondary N) is 1. The van der Waals surface area contributed by atoms with E-state index in [2.05, 4.69) is 37.2 Å². The summed E-state index contributed by atoms with van der Waals surface area (Å²) in [6, 6.07) is 12.1. The first-order chi connectivity index (χ1) is 13.8. The summed E-state index contributed by atoms with van der Waals surface area (Å²) in [5.74, 6) is 0.0355. The van der Waals surface area contributed by atoms with Crippen LogP contribution in [0.1, 0.15) is 25.8 Å². The lowest BCUT2D eigenvalue weighted by Gasteiger charge is -2.28. The number of amides is 2. The predicted octanol–water partition coefficient (Wildman–Crippen LogP) is 5.19. The fraction of sp³-hybridized carbons (Fsp3) is 0.333. The average Bonchev–Trinajstić information content (AvgIpc) is 2.70. The molecule has 0 aliphatic heterocycles. The van der Waals surface area contributed by atoms with E-state index in [1.54, 1.807) is 25.1 Å². The van der Waals surface area contributed by atoms with E-state index in [0.29, 0.717) is 28.3 Å². The van der Waals surface area contributed by atoms with Gasteiger partial charge in [-0.2, -0.15) is 0 Å². The van der Waals surface area contributed by atoms with Gasteiger partial charge in [-0.05, 0) is 65.2 Å². The molecule has 2 aromatic carbocycles. The zero-order valence-corrected chi connectivity index (χ0v) is 20.2. The standard InChI is InChI=1S/C21H23Br2ClN2O3/c1-3-10-25-21(28)14(2)26(12-15-4-6-16(22)7-5-15)20(27)13-29-19-9-8-17(24)11-18(19)23/h4-9,11,14H,3,10,12-13H2,1-2H3,(H,25,28)/t14-/m1/s1. The number of ether oxygens (including phenoxy) is 1. The summed E-state index contributed by atoms with van der Waals surface area (Å²) in [6.45, 7) is 4.38. The average molecular weight is 547 g/mol. The lowest BCUT2D eigenvalue weighted by Crippen LogP contribution is -2.49. The smallest absolute Gasteiger partial charge is 0.261 e. The molecule has 2 aromatic rings. The van der Waals surface area contributed by atoms with Gasteiger partial charge in [-0.15, -0.1) is 0 Å². The van der Waals surface area contributed by atoms with Crippen molar-refractivity contribution in [2.75, 3.05) is 13.2 Å². The van der Waals surface area contributed by atoms with Crippen molar-refractivity contribution in [3.05, 3.63) is 62.0 Å². The third-order valence-electron chi connectivity index (χ3n) is 4.23. The Morgan fingerprint density at radius 1 is 1.17 bits per heavy atom. The Morgan fingerprint density at radius 2 is 1.86 bits per heavy atom. The van der Waals surface area contributed by atoms with Gasteiger partial charge in [-0.25, -0.2) is 0 Å². The quantitative estimate of drug-likeness (QED) is 0.471. The first-order valence-corrected chi connectivity index (χ1v) is 11.2. The lowest BCUT2D eigenvalue weighted by atomic mass is 10.1. The Hall–Kier alpha value is -1.57. The SMILES string of the molecule is CCCNC(=O)[C@@H](C)N(Cc1ccc(Br)cc1)C(=O)COc1ccc(Cl)cc1Br. The largest absolute Gasteiger partial charge is 0.483 e. The van der Waals surface area contributed by atoms with Crippen LogP contribution in [0.5, 0.6) is 5.75 Å². The van der Waals surface area contributed by atoms with Gasteiger partial charge in [-0.3, -0.25) is 9.59 Å². The van der Waals surface area contributed by atoms with Crippen LogP contribution in [0.25, 0.3) is 0 Å². The first kappa shape index (κ1) is 23.7. The first-order valence-electron chi connectivity index (χ1n) is 9.21. The molecule has 0 spiro atoms. The number of nitrogens with zero attached hydrogens (tertiary/aromatic N) is 1. The molecule has 5 nitrogen and oxygen atoms in total. The second-order valence-electron chi connectivity index (χ2n) is 6.48. The second kappa shape index (κ2) is 11.6. The summed E-state index contributed by atoms with van der Waals surface area (Å²) in [5, 5.41) is 3.41. The lowest BCUT2D eigenvalue weighted by molar-refractivity contribution is -0.142. The summed E-state index contributed by atoms with van der Waals surface area (Å²) >= 11 is 12.7. The van der Waals surface area contributed by atoms with E-state index in [1.165, 1.54) is 4.90 Å². The van der Waals surface area contributed by atoms with Crippen LogP contribution in [0, 0.1) is 0 Å². The molecule has 8 heteroatoms. The van der Waals surface area contributed by atoms with E-state index < -0.39 is 6.04 Å². The van der Waals surface area contributed by atoms with Crippen molar-refractivity contribution in [1.29, 1.82) is 0 Å². The summed E-state index contributed by atoms with van der Waals surface area (Å²) in [5.41, 5.74) is 0.921. The Kier molecular flexibility index (Phi) is 9.46. The highest BCUT2D eigenvalue weighted by Gasteiger charge is 2.26. The molecule has 2 rings (SSSR count). The highest BCUT2D eigenvalue weighted by atomic mass is 79.9. The Morgan fingerprint density at radius 3 is 2.48 bits per heavy atom. The number of halogens is 3. The number of rotatable bonds is 9. The van der Waals surface area contributed by atoms with E-state index in [4.69, 9.17) is 16.3 Å². The van der Waals surface area contributed by atoms with Gasteiger partial charge in [0.05, 0.1) is 4.47 Å². The highest BCUT2D eigenvalue weighted by Crippen LogP contribution is 2.28. The minimum Gasteiger partial charge on any atom is -0.483 e. The van der Waals surface area contributed by atoms with Crippen molar-refractivity contribution in [3.8, 4) is 5.75 Å². The van der Waals surface area contributed by atoms with Gasteiger partial charge in [0.1, 0.15) is 11.8 Å². The molecule has 2 amide bonds. The maximum absolute atomic E-state index is 13.0. The van der Waals surface area contributed by atoms with Crippen molar-refractivity contribution in [2.45, 2.75) is 32.9 Å². The molecule has 0 aromatic heterocycles. The van der Waals surface area contributed by atoms with Crippen LogP contribution in [0.3, 0.4) is 0 Å². The van der Waals surface area contributed by atoms with Gasteiger partial charge in [-0.1, -0.05) is 46.6 Å². The minimum atomic E-state index is -0.630. The van der Waals surface area contributed by atoms with Crippen molar-refractivity contribution < 1.29 is 14.3 Å². The topological polar surface area (TPSA) is 58.6 Å². The van der Waals surface area contributed by atoms with E-state index in [9.17, 15) is 9.59 Å². The van der Waals surface area contributed by atoms with Gasteiger partial charge in [0, 0.05) is 22.6 Å². The molecule has 1 atom stereocenters. The highest BCUT2D eigenvalue weighted by molar-refractivity contribution is 9.10. The number of hydrogen-bond acceptors (Lipinski definition) is 3. The molecule has 0 bridgehead atoms. The van der Waals surface area contributed by atoms with Crippen molar-refractivity contribution in [3.63, 3.8) is 0 Å². The molecule has 0 fully saturated rings. The van der Waals surface area contributed by atoms with Crippen LogP contribution in [-0.4, -0.2) is 35.9 Å². The van der Waals surface area contributed by atoms with Crippen molar-refractivity contribution in [2.24, 2.45) is 0 Å². The zero-order chi connectivity index (χ0) is 21.4. The van der Waals surface area contributed by atoms with E-state index in [-0.39, 0.29) is 18.4 Å². The number of hydrogen-bond donors (Lipinski definition) is 1. The van der Waals surface area contributed by atoms with Gasteiger partial charge in [0.25, 0.3) is 5.91 Å². The number of benzene rings is 2. The molecular formula is C21H23Br2ClN2O3. The van der Waals surface area contributed by atoms with E-state index in [0.717, 1.165) is 16.5 Å². The molecule has 0 heterocycles. The van der Waals surface area contributed by atoms with Crippen LogP contribution < -0.4 is 10.1 Å². The minimum absolute atomic E-state index is 0.190. The molecule has 0 aliphatic rings. The second-order valence-corrected chi connectivity index (χ2v) is 8.68. The van der Waals surface area contributed by atoms with Crippen molar-refractivity contribution >= 4 is 55.3 Å². The maximum Gasteiger partial charge on any atom is 0.261 e. The Bertz CT molecular complexity index is 846. The molecular weight excluding hydrogens is 524 g/mol. The van der Waals surface area contributed by atoms with Crippen LogP contribution in [0.2, 0.25) is 5.02 Å². The van der Waals surface area contributed by atoms with Gasteiger partial charge in [0.15, 0.2) is 6.61 Å². The van der Waals surface area contributed by atoms with Crippen LogP contribution in [-0.2, 0) is 16.1 Å². The van der Waals surface area contributed by atoms with Gasteiger partial charge in [0.2, 0.25) is 5.91 Å². The fourth-order valence-corrected chi connectivity index (χ4v) is 3.64. The van der Waals surface area contributed by atoms with E-state index in [1.807, 2.05) is 31.2 Å². The molecule has 0 saturated heterocycles. The molecule has 29 heavy (non-hydrogen) atoms. The number of carbonyl (C=O) groups excluding carboxylic acids is 2. The third-order valence-corrected chi connectivity index (χ3v) is 5.61. The molecule has 0 aliphatic carbocycles. The monoisotopic (exact) mass is 544 g/mol. The fourth-order valence-electron chi connectivity index (χ4n) is 2.58. The predicted molar refractivity (Wildman–Crippen MR) is 122 cm³/mol. The molecule has 156 valence electrons. The van der Waals surface area contributed by atoms with Crippen LogP contribution >= 0.6 is 43.5 Å². The molecule has 0 radical (unpaired) electrons. The van der Waals surface area contributed by atoms with Crippen LogP contribution in [0.4, 0.5) is 0 Å². The van der Waals surface area contributed by atoms with Gasteiger partial charge >= 0.3 is 0 Å². The number of carbonyl (C=O) groups is 2. The zero-order valence-electron chi connectivity index (χ0n) is 16.3. The third kappa shape index (κ3) is 7.32. The summed E-state index contributed by atoms with van der Waals surface area (Å²) in [7, 11) is 0. The summed E-state index contributed by atoms with van der Waals surface area (Å²) in [4.78, 5) is 27.0. The Labute approximate surface area is 193 Å². The van der Waals surface area contributed by atoms with E-state index >= 15 is 0 Å². The molecule has 0 unspecified atom stereocenters. The maximum atomic E-state index is 13.0. The Balaban J connectivity index is 2.14. The van der Waals surface area contributed by atoms with Crippen molar-refractivity contribution in [1.82, 2.24) is 10.2 Å².